The molecule has 7 heavy (non-hydrogen) atoms. The molecule has 0 saturated heterocycles. The maximum absolute atomic E-state index is 9.64. The quantitative estimate of drug-likeness (QED) is 0.255. The van der Waals surface area contributed by atoms with Crippen LogP contribution in [0.3, 0.4) is 0 Å². The van der Waals surface area contributed by atoms with Gasteiger partial charge in [0.1, 0.15) is 0 Å². The van der Waals surface area contributed by atoms with E-state index in [9.17, 15) is 4.21 Å². The molecule has 0 radical (unpaired) electrons. The monoisotopic (exact) mass is 130 g/mol. The van der Waals surface area contributed by atoms with Gasteiger partial charge in [-0.15, -0.1) is 6.58 Å². The van der Waals surface area contributed by atoms with Crippen LogP contribution in [0.2, 0.25) is 0 Å². The SMILES string of the molecule is C=CCS(=O)O.[H-].[Na+]. The fourth-order valence-corrected chi connectivity index (χ4v) is 0.302. The predicted molar refractivity (Wildman–Crippen MR) is 26.9 cm³/mol. The molecule has 0 heterocycles. The first-order chi connectivity index (χ1) is 2.77. The summed E-state index contributed by atoms with van der Waals surface area (Å²) >= 11 is -1.68. The zero-order valence-corrected chi connectivity index (χ0v) is 7.07. The van der Waals surface area contributed by atoms with Gasteiger partial charge in [0.2, 0.25) is 0 Å². The summed E-state index contributed by atoms with van der Waals surface area (Å²) in [4.78, 5) is 0. The molecule has 2 nitrogen and oxygen atoms in total. The fraction of sp³-hybridized carbons (Fsp3) is 0.333. The van der Waals surface area contributed by atoms with Gasteiger partial charge in [-0.25, -0.2) is 4.21 Å². The molecule has 0 saturated carbocycles. The molecule has 1 unspecified atom stereocenters. The smallest absolute Gasteiger partial charge is 1.00 e. The van der Waals surface area contributed by atoms with Crippen molar-refractivity contribution in [2.45, 2.75) is 0 Å². The Morgan fingerprint density at radius 3 is 2.43 bits per heavy atom. The summed E-state index contributed by atoms with van der Waals surface area (Å²) in [5, 5.41) is 0. The van der Waals surface area contributed by atoms with Gasteiger partial charge in [-0.2, -0.15) is 0 Å². The van der Waals surface area contributed by atoms with Crippen molar-refractivity contribution in [2.24, 2.45) is 0 Å². The van der Waals surface area contributed by atoms with Crippen molar-refractivity contribution in [3.05, 3.63) is 12.7 Å². The Balaban J connectivity index is -0.000000125. The summed E-state index contributed by atoms with van der Waals surface area (Å²) in [7, 11) is 0. The Hall–Kier alpha value is 0.850. The van der Waals surface area contributed by atoms with Crippen LogP contribution in [0.4, 0.5) is 0 Å². The molecular formula is C3H7NaO2S. The average molecular weight is 130 g/mol. The number of hydrogen-bond donors (Lipinski definition) is 1. The topological polar surface area (TPSA) is 37.3 Å². The summed E-state index contributed by atoms with van der Waals surface area (Å²) in [6.45, 7) is 3.25. The molecule has 0 amide bonds. The van der Waals surface area contributed by atoms with E-state index in [1.54, 1.807) is 0 Å². The summed E-state index contributed by atoms with van der Waals surface area (Å²) in [5.74, 6) is 0.167. The van der Waals surface area contributed by atoms with Gasteiger partial charge in [-0.1, -0.05) is 6.08 Å². The maximum atomic E-state index is 9.64. The van der Waals surface area contributed by atoms with Crippen LogP contribution in [0.5, 0.6) is 0 Å². The molecule has 0 spiro atoms. The molecular weight excluding hydrogens is 123 g/mol. The van der Waals surface area contributed by atoms with E-state index in [0.29, 0.717) is 0 Å². The molecule has 0 aromatic rings. The van der Waals surface area contributed by atoms with E-state index in [1.807, 2.05) is 0 Å². The average Bonchev–Trinajstić information content (AvgIpc) is 1.35. The number of hydrogen-bond acceptors (Lipinski definition) is 1. The molecule has 0 aliphatic heterocycles. The van der Waals surface area contributed by atoms with E-state index >= 15 is 0 Å². The first-order valence-electron chi connectivity index (χ1n) is 1.45. The molecule has 0 aliphatic carbocycles. The number of rotatable bonds is 2. The van der Waals surface area contributed by atoms with Gasteiger partial charge in [0, 0.05) is 0 Å². The second-order valence-corrected chi connectivity index (χ2v) is 1.75. The van der Waals surface area contributed by atoms with Crippen molar-refractivity contribution >= 4 is 11.1 Å². The Morgan fingerprint density at radius 2 is 2.43 bits per heavy atom. The molecule has 1 N–H and O–H groups in total. The maximum Gasteiger partial charge on any atom is 1.00 e. The Kier molecular flexibility index (Phi) is 10.5. The molecule has 0 bridgehead atoms. The third-order valence-electron chi connectivity index (χ3n) is 0.260. The van der Waals surface area contributed by atoms with E-state index in [4.69, 9.17) is 4.55 Å². The van der Waals surface area contributed by atoms with Gasteiger partial charge >= 0.3 is 29.6 Å². The summed E-state index contributed by atoms with van der Waals surface area (Å²) in [6, 6.07) is 0. The molecule has 0 aromatic heterocycles. The van der Waals surface area contributed by atoms with E-state index in [2.05, 4.69) is 6.58 Å². The van der Waals surface area contributed by atoms with Gasteiger partial charge in [0.15, 0.2) is 11.1 Å². The van der Waals surface area contributed by atoms with Crippen LogP contribution in [0.15, 0.2) is 12.7 Å². The van der Waals surface area contributed by atoms with Crippen LogP contribution in [-0.4, -0.2) is 14.5 Å². The standard InChI is InChI=1S/C3H6O2S.Na.H/c1-2-3-6(4)5;;/h2H,1,3H2,(H,4,5);;/q;+1;-1. The van der Waals surface area contributed by atoms with Crippen molar-refractivity contribution < 1.29 is 39.7 Å². The summed E-state index contributed by atoms with van der Waals surface area (Å²) in [5.41, 5.74) is 0. The van der Waals surface area contributed by atoms with Crippen LogP contribution in [0, 0.1) is 0 Å². The second-order valence-electron chi connectivity index (χ2n) is 0.777. The molecule has 0 aliphatic rings. The molecule has 1 atom stereocenters. The zero-order chi connectivity index (χ0) is 4.99. The minimum absolute atomic E-state index is 0. The first kappa shape index (κ1) is 10.8. The predicted octanol–water partition coefficient (Wildman–Crippen LogP) is -2.49. The molecule has 4 heteroatoms. The van der Waals surface area contributed by atoms with Gasteiger partial charge < -0.3 is 5.98 Å². The zero-order valence-electron chi connectivity index (χ0n) is 5.26. The fourth-order valence-electron chi connectivity index (χ4n) is 0.101. The van der Waals surface area contributed by atoms with E-state index in [1.165, 1.54) is 6.08 Å². The van der Waals surface area contributed by atoms with Crippen LogP contribution < -0.4 is 29.6 Å². The van der Waals surface area contributed by atoms with Gasteiger partial charge in [0.05, 0.1) is 5.75 Å². The third-order valence-corrected chi connectivity index (χ3v) is 0.781. The van der Waals surface area contributed by atoms with Crippen molar-refractivity contribution in [2.75, 3.05) is 5.75 Å². The van der Waals surface area contributed by atoms with Crippen LogP contribution in [0.25, 0.3) is 0 Å². The van der Waals surface area contributed by atoms with Gasteiger partial charge in [-0.05, 0) is 0 Å². The van der Waals surface area contributed by atoms with Crippen LogP contribution in [-0.2, 0) is 11.1 Å². The van der Waals surface area contributed by atoms with Crippen molar-refractivity contribution in [1.29, 1.82) is 0 Å². The summed E-state index contributed by atoms with van der Waals surface area (Å²) in [6.07, 6.45) is 1.40. The third kappa shape index (κ3) is 10.9. The van der Waals surface area contributed by atoms with Crippen molar-refractivity contribution in [3.63, 3.8) is 0 Å². The van der Waals surface area contributed by atoms with E-state index < -0.39 is 11.1 Å². The molecule has 38 valence electrons. The minimum Gasteiger partial charge on any atom is -1.00 e. The normalized spacial score (nSPS) is 11.6. The molecule has 0 fully saturated rings. The Labute approximate surface area is 69.1 Å². The Morgan fingerprint density at radius 1 is 2.00 bits per heavy atom. The van der Waals surface area contributed by atoms with Crippen LogP contribution >= 0.6 is 0 Å². The second kappa shape index (κ2) is 6.85. The molecule has 0 aromatic carbocycles. The first-order valence-corrected chi connectivity index (χ1v) is 2.73. The van der Waals surface area contributed by atoms with Crippen molar-refractivity contribution in [1.82, 2.24) is 0 Å². The van der Waals surface area contributed by atoms with E-state index in [0.717, 1.165) is 0 Å². The van der Waals surface area contributed by atoms with Crippen LogP contribution in [0.1, 0.15) is 1.43 Å². The van der Waals surface area contributed by atoms with E-state index in [-0.39, 0.29) is 36.7 Å². The largest absolute Gasteiger partial charge is 1.00 e. The van der Waals surface area contributed by atoms with Gasteiger partial charge in [-0.3, -0.25) is 0 Å². The summed E-state index contributed by atoms with van der Waals surface area (Å²) < 4.78 is 17.6. The molecule has 0 rings (SSSR count). The van der Waals surface area contributed by atoms with Crippen molar-refractivity contribution in [3.8, 4) is 0 Å². The Bertz CT molecular complexity index is 77.7. The minimum atomic E-state index is -1.68. The van der Waals surface area contributed by atoms with Gasteiger partial charge in [0.25, 0.3) is 0 Å².